The monoisotopic (exact) mass is 451 g/mol. The number of carbonyl (C=O) groups excluding carboxylic acids is 2. The van der Waals surface area contributed by atoms with E-state index in [0.29, 0.717) is 24.7 Å². The number of benzene rings is 2. The molecular formula is C19H18ClN3O6S. The van der Waals surface area contributed by atoms with Gasteiger partial charge in [-0.05, 0) is 36.4 Å². The average molecular weight is 452 g/mol. The van der Waals surface area contributed by atoms with Gasteiger partial charge in [0.05, 0.1) is 23.9 Å². The summed E-state index contributed by atoms with van der Waals surface area (Å²) in [7, 11) is -3.83. The molecule has 2 heterocycles. The lowest BCUT2D eigenvalue weighted by molar-refractivity contribution is -0.118. The number of hydrogen-bond donors (Lipinski definition) is 2. The molecule has 0 bridgehead atoms. The van der Waals surface area contributed by atoms with Crippen LogP contribution in [0, 0.1) is 0 Å². The number of sulfonamides is 1. The number of carbonyl (C=O) groups is 2. The first kappa shape index (κ1) is 20.6. The summed E-state index contributed by atoms with van der Waals surface area (Å²) in [5.74, 6) is -0.318. The summed E-state index contributed by atoms with van der Waals surface area (Å²) < 4.78 is 37.6. The van der Waals surface area contributed by atoms with Crippen molar-refractivity contribution in [1.29, 1.82) is 0 Å². The molecule has 0 atom stereocenters. The summed E-state index contributed by atoms with van der Waals surface area (Å²) in [6.45, 7) is 1.01. The highest BCUT2D eigenvalue weighted by atomic mass is 35.5. The Bertz CT molecular complexity index is 1120. The van der Waals surface area contributed by atoms with Crippen LogP contribution in [0.25, 0.3) is 0 Å². The summed E-state index contributed by atoms with van der Waals surface area (Å²) in [4.78, 5) is 24.0. The smallest absolute Gasteiger partial charge is 0.262 e. The average Bonchev–Trinajstić information content (AvgIpc) is 2.75. The van der Waals surface area contributed by atoms with E-state index < -0.39 is 15.9 Å². The maximum Gasteiger partial charge on any atom is 0.262 e. The molecule has 9 nitrogen and oxygen atoms in total. The first-order chi connectivity index (χ1) is 14.3. The van der Waals surface area contributed by atoms with Crippen LogP contribution in [0.4, 0.5) is 11.4 Å². The number of halogens is 1. The van der Waals surface area contributed by atoms with Gasteiger partial charge in [-0.15, -0.1) is 0 Å². The van der Waals surface area contributed by atoms with Crippen LogP contribution in [0.2, 0.25) is 5.02 Å². The Morgan fingerprint density at radius 3 is 2.67 bits per heavy atom. The van der Waals surface area contributed by atoms with Crippen molar-refractivity contribution in [2.75, 3.05) is 43.5 Å². The van der Waals surface area contributed by atoms with Crippen molar-refractivity contribution in [2.45, 2.75) is 4.90 Å². The third-order valence-electron chi connectivity index (χ3n) is 4.65. The summed E-state index contributed by atoms with van der Waals surface area (Å²) in [6.07, 6.45) is 0. The number of anilines is 2. The fourth-order valence-electron chi connectivity index (χ4n) is 3.13. The Morgan fingerprint density at radius 1 is 1.13 bits per heavy atom. The van der Waals surface area contributed by atoms with Gasteiger partial charge in [0.15, 0.2) is 6.61 Å². The van der Waals surface area contributed by atoms with Crippen LogP contribution in [0.1, 0.15) is 10.4 Å². The van der Waals surface area contributed by atoms with E-state index in [0.717, 1.165) is 0 Å². The first-order valence-corrected chi connectivity index (χ1v) is 10.9. The molecule has 30 heavy (non-hydrogen) atoms. The predicted molar refractivity (Wildman–Crippen MR) is 110 cm³/mol. The molecule has 4 rings (SSSR count). The fraction of sp³-hybridized carbons (Fsp3) is 0.263. The highest BCUT2D eigenvalue weighted by molar-refractivity contribution is 7.89. The minimum Gasteiger partial charge on any atom is -0.482 e. The lowest BCUT2D eigenvalue weighted by Crippen LogP contribution is -2.40. The van der Waals surface area contributed by atoms with Crippen molar-refractivity contribution in [3.8, 4) is 5.75 Å². The molecule has 0 unspecified atom stereocenters. The lowest BCUT2D eigenvalue weighted by Gasteiger charge is -2.26. The van der Waals surface area contributed by atoms with E-state index in [1.165, 1.54) is 28.6 Å². The first-order valence-electron chi connectivity index (χ1n) is 9.10. The second-order valence-corrected chi connectivity index (χ2v) is 8.98. The van der Waals surface area contributed by atoms with Crippen molar-refractivity contribution >= 4 is 44.8 Å². The Kier molecular flexibility index (Phi) is 5.65. The topological polar surface area (TPSA) is 114 Å². The second kappa shape index (κ2) is 8.23. The molecule has 158 valence electrons. The van der Waals surface area contributed by atoms with Crippen LogP contribution in [0.3, 0.4) is 0 Å². The zero-order valence-corrected chi connectivity index (χ0v) is 17.3. The van der Waals surface area contributed by atoms with E-state index in [-0.39, 0.29) is 46.8 Å². The van der Waals surface area contributed by atoms with E-state index in [9.17, 15) is 18.0 Å². The second-order valence-electron chi connectivity index (χ2n) is 6.66. The van der Waals surface area contributed by atoms with Gasteiger partial charge in [0.2, 0.25) is 10.0 Å². The molecule has 2 aromatic carbocycles. The van der Waals surface area contributed by atoms with Gasteiger partial charge in [-0.1, -0.05) is 11.6 Å². The summed E-state index contributed by atoms with van der Waals surface area (Å²) in [5.41, 5.74) is 0.937. The predicted octanol–water partition coefficient (Wildman–Crippen LogP) is 1.94. The van der Waals surface area contributed by atoms with Crippen LogP contribution >= 0.6 is 11.6 Å². The molecule has 2 N–H and O–H groups in total. The van der Waals surface area contributed by atoms with E-state index in [1.807, 2.05) is 0 Å². The SMILES string of the molecule is O=C1COc2ccc(C(=O)Nc3ccc(Cl)c(S(=O)(=O)N4CCOCC4)c3)cc2N1. The zero-order valence-electron chi connectivity index (χ0n) is 15.7. The third kappa shape index (κ3) is 4.12. The summed E-state index contributed by atoms with van der Waals surface area (Å²) >= 11 is 6.14. The molecule has 0 aromatic heterocycles. The van der Waals surface area contributed by atoms with Gasteiger partial charge >= 0.3 is 0 Å². The molecule has 0 aliphatic carbocycles. The molecule has 2 amide bonds. The van der Waals surface area contributed by atoms with Crippen molar-refractivity contribution in [1.82, 2.24) is 4.31 Å². The number of rotatable bonds is 4. The standard InChI is InChI=1S/C19H18ClN3O6S/c20-14-3-2-13(10-17(14)30(26,27)23-5-7-28-8-6-23)21-19(25)12-1-4-16-15(9-12)22-18(24)11-29-16/h1-4,9-10H,5-8,11H2,(H,21,25)(H,22,24). The molecule has 2 aromatic rings. The van der Waals surface area contributed by atoms with Crippen LogP contribution in [0.15, 0.2) is 41.3 Å². The largest absolute Gasteiger partial charge is 0.482 e. The van der Waals surface area contributed by atoms with Gasteiger partial charge in [0.1, 0.15) is 10.6 Å². The molecule has 1 fully saturated rings. The summed E-state index contributed by atoms with van der Waals surface area (Å²) in [6, 6.07) is 8.89. The van der Waals surface area contributed by atoms with E-state index in [2.05, 4.69) is 10.6 Å². The Hall–Kier alpha value is -2.66. The highest BCUT2D eigenvalue weighted by Crippen LogP contribution is 2.30. The molecule has 0 saturated carbocycles. The lowest BCUT2D eigenvalue weighted by atomic mass is 10.1. The van der Waals surface area contributed by atoms with Crippen molar-refractivity contribution in [2.24, 2.45) is 0 Å². The van der Waals surface area contributed by atoms with Gasteiger partial charge in [-0.25, -0.2) is 8.42 Å². The van der Waals surface area contributed by atoms with E-state index in [1.54, 1.807) is 12.1 Å². The van der Waals surface area contributed by atoms with Gasteiger partial charge < -0.3 is 20.1 Å². The van der Waals surface area contributed by atoms with Gasteiger partial charge in [0.25, 0.3) is 11.8 Å². The number of amides is 2. The quantitative estimate of drug-likeness (QED) is 0.734. The Labute approximate surface area is 178 Å². The summed E-state index contributed by atoms with van der Waals surface area (Å²) in [5, 5.41) is 5.36. The van der Waals surface area contributed by atoms with Gasteiger partial charge in [0, 0.05) is 24.3 Å². The molecule has 2 aliphatic heterocycles. The number of hydrogen-bond acceptors (Lipinski definition) is 6. The van der Waals surface area contributed by atoms with Crippen molar-refractivity contribution in [3.05, 3.63) is 47.0 Å². The van der Waals surface area contributed by atoms with Gasteiger partial charge in [-0.2, -0.15) is 4.31 Å². The third-order valence-corrected chi connectivity index (χ3v) is 7.03. The van der Waals surface area contributed by atoms with Crippen molar-refractivity contribution < 1.29 is 27.5 Å². The Balaban J connectivity index is 1.57. The minimum atomic E-state index is -3.83. The fourth-order valence-corrected chi connectivity index (χ4v) is 5.04. The molecule has 2 aliphatic rings. The molecular weight excluding hydrogens is 434 g/mol. The number of fused-ring (bicyclic) bond motifs is 1. The molecule has 0 radical (unpaired) electrons. The van der Waals surface area contributed by atoms with Crippen molar-refractivity contribution in [3.63, 3.8) is 0 Å². The maximum absolute atomic E-state index is 12.9. The zero-order chi connectivity index (χ0) is 21.3. The van der Waals surface area contributed by atoms with Crippen LogP contribution in [0.5, 0.6) is 5.75 Å². The number of nitrogens with zero attached hydrogens (tertiary/aromatic N) is 1. The van der Waals surface area contributed by atoms with Crippen LogP contribution in [-0.2, 0) is 19.6 Å². The minimum absolute atomic E-state index is 0.0631. The molecule has 1 saturated heterocycles. The van der Waals surface area contributed by atoms with E-state index in [4.69, 9.17) is 21.1 Å². The normalized spacial score (nSPS) is 16.9. The number of ether oxygens (including phenoxy) is 2. The van der Waals surface area contributed by atoms with Crippen LogP contribution < -0.4 is 15.4 Å². The van der Waals surface area contributed by atoms with Crippen LogP contribution in [-0.4, -0.2) is 57.4 Å². The maximum atomic E-state index is 12.9. The highest BCUT2D eigenvalue weighted by Gasteiger charge is 2.29. The number of nitrogens with one attached hydrogen (secondary N) is 2. The van der Waals surface area contributed by atoms with Gasteiger partial charge in [-0.3, -0.25) is 9.59 Å². The number of morpholine rings is 1. The molecule has 11 heteroatoms. The Morgan fingerprint density at radius 2 is 1.90 bits per heavy atom. The van der Waals surface area contributed by atoms with E-state index >= 15 is 0 Å². The molecule has 0 spiro atoms.